The summed E-state index contributed by atoms with van der Waals surface area (Å²) in [6.45, 7) is 1.71. The molecule has 0 bridgehead atoms. The van der Waals surface area contributed by atoms with Crippen molar-refractivity contribution in [1.29, 1.82) is 0 Å². The number of ether oxygens (including phenoxy) is 2. The van der Waals surface area contributed by atoms with Gasteiger partial charge >= 0.3 is 5.97 Å². The topological polar surface area (TPSA) is 102 Å². The van der Waals surface area contributed by atoms with E-state index in [-0.39, 0.29) is 25.2 Å². The molecule has 7 heteroatoms. The van der Waals surface area contributed by atoms with Gasteiger partial charge in [-0.25, -0.2) is 4.79 Å². The van der Waals surface area contributed by atoms with Crippen molar-refractivity contribution in [3.8, 4) is 0 Å². The molecule has 1 aliphatic rings. The van der Waals surface area contributed by atoms with Gasteiger partial charge in [0.15, 0.2) is 0 Å². The summed E-state index contributed by atoms with van der Waals surface area (Å²) in [5.74, 6) is -1.02. The Balaban J connectivity index is 2.17. The van der Waals surface area contributed by atoms with E-state index in [4.69, 9.17) is 20.3 Å². The van der Waals surface area contributed by atoms with E-state index in [0.717, 1.165) is 0 Å². The molecule has 1 rings (SSSR count). The molecule has 18 heavy (non-hydrogen) atoms. The third kappa shape index (κ3) is 5.44. The normalized spacial score (nSPS) is 16.8. The first-order valence-electron chi connectivity index (χ1n) is 6.02. The number of carbonyl (C=O) groups excluding carboxylic acids is 1. The lowest BCUT2D eigenvalue weighted by Crippen LogP contribution is -2.43. The molecule has 1 amide bonds. The lowest BCUT2D eigenvalue weighted by molar-refractivity contribution is -0.147. The number of nitrogens with two attached hydrogens (primary N) is 1. The number of amides is 1. The predicted octanol–water partition coefficient (Wildman–Crippen LogP) is -0.946. The molecule has 0 atom stereocenters. The van der Waals surface area contributed by atoms with Gasteiger partial charge in [-0.3, -0.25) is 4.79 Å². The number of carbonyl (C=O) groups is 2. The molecule has 3 N–H and O–H groups in total. The average molecular weight is 260 g/mol. The third-order valence-electron chi connectivity index (χ3n) is 2.72. The van der Waals surface area contributed by atoms with Gasteiger partial charge in [0, 0.05) is 19.6 Å². The van der Waals surface area contributed by atoms with Crippen molar-refractivity contribution in [2.45, 2.75) is 18.9 Å². The van der Waals surface area contributed by atoms with Gasteiger partial charge in [0.2, 0.25) is 5.91 Å². The minimum atomic E-state index is -0.969. The molecule has 1 fully saturated rings. The van der Waals surface area contributed by atoms with Crippen LogP contribution in [-0.2, 0) is 19.1 Å². The van der Waals surface area contributed by atoms with Crippen LogP contribution >= 0.6 is 0 Å². The highest BCUT2D eigenvalue weighted by Crippen LogP contribution is 2.13. The molecular formula is C11H20N2O5. The zero-order chi connectivity index (χ0) is 13.4. The Morgan fingerprint density at radius 1 is 1.28 bits per heavy atom. The second-order valence-electron chi connectivity index (χ2n) is 4.13. The molecule has 0 spiro atoms. The SMILES string of the molecule is NCCOCC(=O)N1CCC(OCC(=O)O)CC1. The van der Waals surface area contributed by atoms with Gasteiger partial charge < -0.3 is 25.2 Å². The van der Waals surface area contributed by atoms with E-state index in [9.17, 15) is 9.59 Å². The number of rotatable bonds is 7. The summed E-state index contributed by atoms with van der Waals surface area (Å²) in [4.78, 5) is 23.7. The van der Waals surface area contributed by atoms with Gasteiger partial charge in [-0.2, -0.15) is 0 Å². The van der Waals surface area contributed by atoms with Crippen LogP contribution in [0.15, 0.2) is 0 Å². The van der Waals surface area contributed by atoms with Crippen LogP contribution in [0.1, 0.15) is 12.8 Å². The highest BCUT2D eigenvalue weighted by molar-refractivity contribution is 5.77. The fraction of sp³-hybridized carbons (Fsp3) is 0.818. The van der Waals surface area contributed by atoms with Gasteiger partial charge in [-0.1, -0.05) is 0 Å². The molecular weight excluding hydrogens is 240 g/mol. The lowest BCUT2D eigenvalue weighted by Gasteiger charge is -2.31. The third-order valence-corrected chi connectivity index (χ3v) is 2.72. The standard InChI is InChI=1S/C11H20N2O5/c12-3-6-17-7-10(14)13-4-1-9(2-5-13)18-8-11(15)16/h9H,1-8,12H2,(H,15,16). The number of likely N-dealkylation sites (tertiary alicyclic amines) is 1. The summed E-state index contributed by atoms with van der Waals surface area (Å²) in [7, 11) is 0. The Morgan fingerprint density at radius 2 is 1.94 bits per heavy atom. The predicted molar refractivity (Wildman–Crippen MR) is 63.1 cm³/mol. The summed E-state index contributed by atoms with van der Waals surface area (Å²) in [5, 5.41) is 8.49. The van der Waals surface area contributed by atoms with Crippen molar-refractivity contribution >= 4 is 11.9 Å². The fourth-order valence-corrected chi connectivity index (χ4v) is 1.80. The minimum Gasteiger partial charge on any atom is -0.480 e. The number of piperidine rings is 1. The smallest absolute Gasteiger partial charge is 0.329 e. The van der Waals surface area contributed by atoms with Crippen molar-refractivity contribution in [3.05, 3.63) is 0 Å². The zero-order valence-electron chi connectivity index (χ0n) is 10.3. The maximum atomic E-state index is 11.7. The molecule has 1 aliphatic heterocycles. The van der Waals surface area contributed by atoms with Crippen molar-refractivity contribution in [2.75, 3.05) is 39.5 Å². The maximum absolute atomic E-state index is 11.7. The van der Waals surface area contributed by atoms with Crippen LogP contribution < -0.4 is 5.73 Å². The van der Waals surface area contributed by atoms with Crippen LogP contribution in [0.5, 0.6) is 0 Å². The van der Waals surface area contributed by atoms with Gasteiger partial charge in [-0.15, -0.1) is 0 Å². The van der Waals surface area contributed by atoms with Gasteiger partial charge in [0.05, 0.1) is 12.7 Å². The second kappa shape index (κ2) is 8.02. The molecule has 1 heterocycles. The first kappa shape index (κ1) is 14.9. The molecule has 0 radical (unpaired) electrons. The maximum Gasteiger partial charge on any atom is 0.329 e. The summed E-state index contributed by atoms with van der Waals surface area (Å²) < 4.78 is 10.3. The van der Waals surface area contributed by atoms with E-state index >= 15 is 0 Å². The van der Waals surface area contributed by atoms with Crippen LogP contribution in [0.25, 0.3) is 0 Å². The number of nitrogens with zero attached hydrogens (tertiary/aromatic N) is 1. The Morgan fingerprint density at radius 3 is 2.50 bits per heavy atom. The molecule has 7 nitrogen and oxygen atoms in total. The summed E-state index contributed by atoms with van der Waals surface area (Å²) in [6, 6.07) is 0. The second-order valence-corrected chi connectivity index (χ2v) is 4.13. The number of aliphatic carboxylic acids is 1. The molecule has 0 aliphatic carbocycles. The van der Waals surface area contributed by atoms with E-state index in [1.54, 1.807) is 4.90 Å². The Labute approximate surface area is 106 Å². The number of hydrogen-bond donors (Lipinski definition) is 2. The number of carboxylic acid groups (broad SMARTS) is 1. The van der Waals surface area contributed by atoms with Crippen molar-refractivity contribution in [3.63, 3.8) is 0 Å². The summed E-state index contributed by atoms with van der Waals surface area (Å²) in [6.07, 6.45) is 1.25. The number of hydrogen-bond acceptors (Lipinski definition) is 5. The molecule has 0 saturated carbocycles. The summed E-state index contributed by atoms with van der Waals surface area (Å²) >= 11 is 0. The van der Waals surface area contributed by atoms with E-state index in [1.165, 1.54) is 0 Å². The van der Waals surface area contributed by atoms with Crippen LogP contribution in [0.2, 0.25) is 0 Å². The monoisotopic (exact) mass is 260 g/mol. The Hall–Kier alpha value is -1.18. The van der Waals surface area contributed by atoms with Gasteiger partial charge in [-0.05, 0) is 12.8 Å². The average Bonchev–Trinajstić information content (AvgIpc) is 2.37. The van der Waals surface area contributed by atoms with Crippen LogP contribution in [0.4, 0.5) is 0 Å². The molecule has 0 aromatic carbocycles. The first-order chi connectivity index (χ1) is 8.63. The zero-order valence-corrected chi connectivity index (χ0v) is 10.3. The van der Waals surface area contributed by atoms with Crippen LogP contribution in [-0.4, -0.2) is 67.4 Å². The van der Waals surface area contributed by atoms with Crippen molar-refractivity contribution in [1.82, 2.24) is 4.90 Å². The fourth-order valence-electron chi connectivity index (χ4n) is 1.80. The van der Waals surface area contributed by atoms with Crippen molar-refractivity contribution < 1.29 is 24.2 Å². The van der Waals surface area contributed by atoms with Crippen LogP contribution in [0, 0.1) is 0 Å². The molecule has 1 saturated heterocycles. The quantitative estimate of drug-likeness (QED) is 0.572. The molecule has 0 unspecified atom stereocenters. The van der Waals surface area contributed by atoms with Gasteiger partial charge in [0.25, 0.3) is 0 Å². The minimum absolute atomic E-state index is 0.0534. The Kier molecular flexibility index (Phi) is 6.63. The molecule has 0 aromatic heterocycles. The highest BCUT2D eigenvalue weighted by atomic mass is 16.5. The van der Waals surface area contributed by atoms with Gasteiger partial charge in [0.1, 0.15) is 13.2 Å². The Bertz CT molecular complexity index is 277. The largest absolute Gasteiger partial charge is 0.480 e. The van der Waals surface area contributed by atoms with E-state index < -0.39 is 5.97 Å². The van der Waals surface area contributed by atoms with E-state index in [2.05, 4.69) is 0 Å². The molecule has 0 aromatic rings. The highest BCUT2D eigenvalue weighted by Gasteiger charge is 2.23. The first-order valence-corrected chi connectivity index (χ1v) is 6.02. The molecule has 104 valence electrons. The van der Waals surface area contributed by atoms with E-state index in [1.807, 2.05) is 0 Å². The lowest BCUT2D eigenvalue weighted by atomic mass is 10.1. The van der Waals surface area contributed by atoms with Crippen LogP contribution in [0.3, 0.4) is 0 Å². The number of carboxylic acids is 1. The van der Waals surface area contributed by atoms with E-state index in [0.29, 0.717) is 39.1 Å². The summed E-state index contributed by atoms with van der Waals surface area (Å²) in [5.41, 5.74) is 5.25. The van der Waals surface area contributed by atoms with Crippen molar-refractivity contribution in [2.24, 2.45) is 5.73 Å².